The van der Waals surface area contributed by atoms with Crippen LogP contribution < -0.4 is 5.56 Å². The Morgan fingerprint density at radius 1 is 0.925 bits per heavy atom. The van der Waals surface area contributed by atoms with E-state index in [2.05, 4.69) is 10.1 Å². The third-order valence-corrected chi connectivity index (χ3v) is 6.64. The number of nitro groups is 1. The fourth-order valence-electron chi connectivity index (χ4n) is 4.73. The van der Waals surface area contributed by atoms with Gasteiger partial charge >= 0.3 is 0 Å². The Bertz CT molecular complexity index is 2140. The highest BCUT2D eigenvalue weighted by atomic mass is 16.6. The molecule has 7 aromatic rings. The Kier molecular flexibility index (Phi) is 5.31. The summed E-state index contributed by atoms with van der Waals surface area (Å²) in [6.45, 7) is 0. The summed E-state index contributed by atoms with van der Waals surface area (Å²) in [4.78, 5) is 33.2. The van der Waals surface area contributed by atoms with Gasteiger partial charge in [-0.1, -0.05) is 48.5 Å². The maximum absolute atomic E-state index is 13.6. The van der Waals surface area contributed by atoms with E-state index < -0.39 is 4.92 Å². The Labute approximate surface area is 225 Å². The van der Waals surface area contributed by atoms with Gasteiger partial charge in [0.25, 0.3) is 11.2 Å². The zero-order chi connectivity index (χ0) is 27.2. The molecule has 0 aliphatic heterocycles. The van der Waals surface area contributed by atoms with Crippen molar-refractivity contribution in [3.05, 3.63) is 129 Å². The minimum atomic E-state index is -0.489. The molecule has 4 aromatic heterocycles. The fourth-order valence-corrected chi connectivity index (χ4v) is 4.73. The molecule has 0 atom stereocenters. The van der Waals surface area contributed by atoms with Crippen molar-refractivity contribution >= 4 is 44.7 Å². The summed E-state index contributed by atoms with van der Waals surface area (Å²) < 4.78 is 9.12. The van der Waals surface area contributed by atoms with Crippen molar-refractivity contribution in [1.29, 1.82) is 0 Å². The molecule has 0 aliphatic rings. The number of nitrogens with zero attached hydrogens (tertiary/aromatic N) is 6. The number of fused-ring (bicyclic) bond motifs is 3. The van der Waals surface area contributed by atoms with Crippen LogP contribution in [0.25, 0.3) is 50.2 Å². The van der Waals surface area contributed by atoms with Crippen molar-refractivity contribution in [2.24, 2.45) is 5.10 Å². The molecule has 4 heterocycles. The molecule has 0 aliphatic carbocycles. The van der Waals surface area contributed by atoms with Crippen molar-refractivity contribution in [2.45, 2.75) is 0 Å². The van der Waals surface area contributed by atoms with Crippen LogP contribution in [-0.4, -0.2) is 30.3 Å². The molecule has 0 radical (unpaired) electrons. The van der Waals surface area contributed by atoms with Crippen LogP contribution in [0.4, 0.5) is 5.69 Å². The first-order valence-corrected chi connectivity index (χ1v) is 12.3. The second-order valence-electron chi connectivity index (χ2n) is 9.07. The van der Waals surface area contributed by atoms with Gasteiger partial charge < -0.3 is 8.98 Å². The molecule has 0 saturated heterocycles. The highest BCUT2D eigenvalue weighted by Gasteiger charge is 2.17. The number of hydrogen-bond acceptors (Lipinski definition) is 7. The van der Waals surface area contributed by atoms with Gasteiger partial charge in [-0.05, 0) is 36.4 Å². The SMILES string of the molecule is O=c1c2ccccc2nc(-c2cc3ccccc3o2)n1N=Cc1cn(-c2ccc([N+](=O)[O-])cn2)c2ccccc12. The minimum Gasteiger partial charge on any atom is -0.453 e. The summed E-state index contributed by atoms with van der Waals surface area (Å²) in [5, 5.41) is 17.8. The van der Waals surface area contributed by atoms with E-state index in [1.807, 2.05) is 71.4 Å². The lowest BCUT2D eigenvalue weighted by Crippen LogP contribution is -2.20. The normalized spacial score (nSPS) is 11.7. The van der Waals surface area contributed by atoms with Gasteiger partial charge in [0.2, 0.25) is 5.82 Å². The van der Waals surface area contributed by atoms with E-state index in [1.165, 1.54) is 16.9 Å². The van der Waals surface area contributed by atoms with Gasteiger partial charge in [0.1, 0.15) is 17.6 Å². The lowest BCUT2D eigenvalue weighted by Gasteiger charge is -2.07. The van der Waals surface area contributed by atoms with Gasteiger partial charge in [0.05, 0.1) is 27.6 Å². The molecule has 10 nitrogen and oxygen atoms in total. The molecule has 7 rings (SSSR count). The maximum atomic E-state index is 13.6. The molecule has 0 bridgehead atoms. The summed E-state index contributed by atoms with van der Waals surface area (Å²) >= 11 is 0. The standard InChI is InChI=1S/C30H18N6O4/c37-30-23-9-2-4-10-24(23)33-29(27-15-19-7-1-6-12-26(19)40-27)35(30)32-16-20-18-34(25-11-5-3-8-22(20)25)28-14-13-21(17-31-28)36(38)39/h1-18H. The number of rotatable bonds is 5. The average Bonchev–Trinajstić information content (AvgIpc) is 3.59. The molecule has 0 N–H and O–H groups in total. The monoisotopic (exact) mass is 526 g/mol. The highest BCUT2D eigenvalue weighted by Crippen LogP contribution is 2.28. The Morgan fingerprint density at radius 3 is 2.50 bits per heavy atom. The van der Waals surface area contributed by atoms with E-state index in [1.54, 1.807) is 30.5 Å². The van der Waals surface area contributed by atoms with E-state index >= 15 is 0 Å². The van der Waals surface area contributed by atoms with E-state index in [-0.39, 0.29) is 17.1 Å². The number of benzene rings is 3. The molecule has 0 saturated carbocycles. The summed E-state index contributed by atoms with van der Waals surface area (Å²) in [6.07, 6.45) is 4.63. The van der Waals surface area contributed by atoms with Crippen molar-refractivity contribution in [1.82, 2.24) is 19.2 Å². The molecular weight excluding hydrogens is 508 g/mol. The fraction of sp³-hybridized carbons (Fsp3) is 0. The summed E-state index contributed by atoms with van der Waals surface area (Å²) in [5.74, 6) is 1.20. The summed E-state index contributed by atoms with van der Waals surface area (Å²) in [7, 11) is 0. The zero-order valence-electron chi connectivity index (χ0n) is 20.7. The molecular formula is C30H18N6O4. The zero-order valence-corrected chi connectivity index (χ0v) is 20.7. The van der Waals surface area contributed by atoms with Gasteiger partial charge in [-0.15, -0.1) is 0 Å². The molecule has 192 valence electrons. The minimum absolute atomic E-state index is 0.0942. The Morgan fingerprint density at radius 2 is 1.70 bits per heavy atom. The molecule has 40 heavy (non-hydrogen) atoms. The molecule has 0 fully saturated rings. The van der Waals surface area contributed by atoms with Gasteiger partial charge in [-0.3, -0.25) is 14.9 Å². The second kappa shape index (κ2) is 9.14. The van der Waals surface area contributed by atoms with Crippen LogP contribution in [0.5, 0.6) is 0 Å². The molecule has 0 spiro atoms. The van der Waals surface area contributed by atoms with Gasteiger partial charge in [-0.2, -0.15) is 9.78 Å². The largest absolute Gasteiger partial charge is 0.453 e. The smallest absolute Gasteiger partial charge is 0.287 e. The van der Waals surface area contributed by atoms with Crippen molar-refractivity contribution in [2.75, 3.05) is 0 Å². The lowest BCUT2D eigenvalue weighted by atomic mass is 10.2. The first-order valence-electron chi connectivity index (χ1n) is 12.3. The molecule has 0 amide bonds. The topological polar surface area (TPSA) is 121 Å². The van der Waals surface area contributed by atoms with E-state index in [9.17, 15) is 14.9 Å². The molecule has 3 aromatic carbocycles. The number of aromatic nitrogens is 4. The predicted octanol–water partition coefficient (Wildman–Crippen LogP) is 5.94. The van der Waals surface area contributed by atoms with Crippen LogP contribution >= 0.6 is 0 Å². The second-order valence-corrected chi connectivity index (χ2v) is 9.07. The van der Waals surface area contributed by atoms with Crippen LogP contribution in [0.3, 0.4) is 0 Å². The third-order valence-electron chi connectivity index (χ3n) is 6.64. The summed E-state index contributed by atoms with van der Waals surface area (Å²) in [6, 6.07) is 27.1. The van der Waals surface area contributed by atoms with Gasteiger partial charge in [-0.25, -0.2) is 9.97 Å². The average molecular weight is 527 g/mol. The first kappa shape index (κ1) is 23.2. The number of pyridine rings is 1. The third kappa shape index (κ3) is 3.82. The lowest BCUT2D eigenvalue weighted by molar-refractivity contribution is -0.385. The number of hydrogen-bond donors (Lipinski definition) is 0. The van der Waals surface area contributed by atoms with Crippen molar-refractivity contribution < 1.29 is 9.34 Å². The van der Waals surface area contributed by atoms with Gasteiger partial charge in [0, 0.05) is 28.6 Å². The first-order chi connectivity index (χ1) is 19.6. The van der Waals surface area contributed by atoms with Crippen LogP contribution in [0.15, 0.2) is 118 Å². The van der Waals surface area contributed by atoms with E-state index in [0.29, 0.717) is 33.6 Å². The van der Waals surface area contributed by atoms with Crippen LogP contribution in [0, 0.1) is 10.1 Å². The van der Waals surface area contributed by atoms with Crippen LogP contribution in [0.2, 0.25) is 0 Å². The molecule has 10 heteroatoms. The van der Waals surface area contributed by atoms with E-state index in [4.69, 9.17) is 9.40 Å². The Hall–Kier alpha value is -5.90. The van der Waals surface area contributed by atoms with E-state index in [0.717, 1.165) is 16.3 Å². The highest BCUT2D eigenvalue weighted by molar-refractivity contribution is 6.00. The quantitative estimate of drug-likeness (QED) is 0.155. The summed E-state index contributed by atoms with van der Waals surface area (Å²) in [5.41, 5.74) is 2.32. The Balaban J connectivity index is 1.40. The number of para-hydroxylation sites is 3. The molecule has 0 unspecified atom stereocenters. The van der Waals surface area contributed by atoms with Crippen LogP contribution in [0.1, 0.15) is 5.56 Å². The number of furan rings is 1. The van der Waals surface area contributed by atoms with Crippen LogP contribution in [-0.2, 0) is 0 Å². The van der Waals surface area contributed by atoms with Crippen molar-refractivity contribution in [3.8, 4) is 17.4 Å². The predicted molar refractivity (Wildman–Crippen MR) is 152 cm³/mol. The maximum Gasteiger partial charge on any atom is 0.287 e. The van der Waals surface area contributed by atoms with Gasteiger partial charge in [0.15, 0.2) is 5.76 Å². The van der Waals surface area contributed by atoms with Crippen molar-refractivity contribution in [3.63, 3.8) is 0 Å².